The number of rotatable bonds is 1. The molecule has 0 radical (unpaired) electrons. The zero-order chi connectivity index (χ0) is 16.4. The van der Waals surface area contributed by atoms with E-state index in [1.54, 1.807) is 0 Å². The van der Waals surface area contributed by atoms with E-state index in [9.17, 15) is 0 Å². The molecule has 1 spiro atoms. The van der Waals surface area contributed by atoms with Gasteiger partial charge in [0.15, 0.2) is 5.60 Å². The quantitative estimate of drug-likeness (QED) is 0.793. The first-order valence-electron chi connectivity index (χ1n) is 8.83. The van der Waals surface area contributed by atoms with Crippen molar-refractivity contribution in [1.82, 2.24) is 9.55 Å². The second-order valence-electron chi connectivity index (χ2n) is 7.90. The van der Waals surface area contributed by atoms with Crippen molar-refractivity contribution in [3.63, 3.8) is 0 Å². The van der Waals surface area contributed by atoms with Crippen LogP contribution in [-0.2, 0) is 11.8 Å². The summed E-state index contributed by atoms with van der Waals surface area (Å²) in [5, 5.41) is 3.31. The molecule has 4 aliphatic rings. The van der Waals surface area contributed by atoms with Crippen LogP contribution >= 0.6 is 0 Å². The first-order chi connectivity index (χ1) is 11.6. The molecule has 0 saturated carbocycles. The number of quaternary nitrogens is 1. The summed E-state index contributed by atoms with van der Waals surface area (Å²) in [5.74, 6) is 1.43. The van der Waals surface area contributed by atoms with Gasteiger partial charge in [0.1, 0.15) is 6.54 Å². The summed E-state index contributed by atoms with van der Waals surface area (Å²) in [6.45, 7) is 4.42. The van der Waals surface area contributed by atoms with Crippen molar-refractivity contribution in [3.05, 3.63) is 24.3 Å². The predicted molar refractivity (Wildman–Crippen MR) is 96.6 cm³/mol. The number of amidine groups is 1. The molecular formula is C17H23BN5O+. The number of aromatic nitrogens is 2. The molecule has 5 heterocycles. The molecule has 1 aromatic heterocycles. The average Bonchev–Trinajstić information content (AvgIpc) is 3.10. The van der Waals surface area contributed by atoms with Crippen LogP contribution in [0.15, 0.2) is 29.3 Å². The highest BCUT2D eigenvalue weighted by Crippen LogP contribution is 2.43. The molecule has 1 N–H and O–H groups in total. The number of aryl methyl sites for hydroxylation is 1. The molecule has 3 fully saturated rings. The molecule has 6 nitrogen and oxygen atoms in total. The minimum absolute atomic E-state index is 0.0990. The van der Waals surface area contributed by atoms with Gasteiger partial charge in [-0.1, -0.05) is 12.1 Å². The predicted octanol–water partition coefficient (Wildman–Crippen LogP) is 0.899. The molecule has 2 bridgehead atoms. The van der Waals surface area contributed by atoms with E-state index in [0.717, 1.165) is 34.5 Å². The number of aliphatic imine (C=N–C) groups is 1. The number of hydrogen-bond acceptors (Lipinski definition) is 4. The van der Waals surface area contributed by atoms with E-state index in [0.29, 0.717) is 11.9 Å². The van der Waals surface area contributed by atoms with Gasteiger partial charge in [-0.2, -0.15) is 0 Å². The summed E-state index contributed by atoms with van der Waals surface area (Å²) in [4.78, 5) is 9.35. The molecule has 1 atom stereocenters. The number of imidazole rings is 1. The summed E-state index contributed by atoms with van der Waals surface area (Å²) < 4.78 is 9.60. The summed E-state index contributed by atoms with van der Waals surface area (Å²) >= 11 is 0. The first kappa shape index (κ1) is 14.3. The highest BCUT2D eigenvalue weighted by Gasteiger charge is 2.57. The number of benzene rings is 1. The Morgan fingerprint density at radius 1 is 1.33 bits per heavy atom. The van der Waals surface area contributed by atoms with Gasteiger partial charge in [-0.25, -0.2) is 9.98 Å². The molecule has 6 rings (SSSR count). The Bertz CT molecular complexity index is 839. The van der Waals surface area contributed by atoms with E-state index in [1.807, 2.05) is 25.2 Å². The third-order valence-electron chi connectivity index (χ3n) is 6.22. The number of para-hydroxylation sites is 2. The van der Waals surface area contributed by atoms with Crippen LogP contribution in [0, 0.1) is 5.92 Å². The standard InChI is InChI=1S/C17H23BN5O/c1-22-14-5-3-2-4-13(14)20-15(22)21-16-19-10-17(24-16)11-23(18)8-6-12(17)7-9-23/h2-5,12H,6-11,18H2,1H3,(H,19,20,21)/q+1. The number of nitrogens with zero attached hydrogens (tertiary/aromatic N) is 4. The molecule has 124 valence electrons. The van der Waals surface area contributed by atoms with Crippen LogP contribution in [0.3, 0.4) is 0 Å². The lowest BCUT2D eigenvalue weighted by atomic mass is 9.72. The van der Waals surface area contributed by atoms with Gasteiger partial charge in [-0.05, 0) is 12.1 Å². The molecule has 7 heteroatoms. The van der Waals surface area contributed by atoms with Crippen LogP contribution in [0.5, 0.6) is 0 Å². The Morgan fingerprint density at radius 3 is 2.88 bits per heavy atom. The zero-order valence-electron chi connectivity index (χ0n) is 14.3. The average molecular weight is 324 g/mol. The summed E-state index contributed by atoms with van der Waals surface area (Å²) in [5.41, 5.74) is 1.99. The maximum Gasteiger partial charge on any atom is 0.373 e. The summed E-state index contributed by atoms with van der Waals surface area (Å²) in [6, 6.07) is 8.77. The van der Waals surface area contributed by atoms with Crippen molar-refractivity contribution >= 4 is 31.0 Å². The molecule has 24 heavy (non-hydrogen) atoms. The van der Waals surface area contributed by atoms with Crippen molar-refractivity contribution in [1.29, 1.82) is 0 Å². The molecule has 4 aliphatic heterocycles. The molecule has 1 unspecified atom stereocenters. The van der Waals surface area contributed by atoms with E-state index in [2.05, 4.69) is 33.9 Å². The van der Waals surface area contributed by atoms with E-state index < -0.39 is 0 Å². The van der Waals surface area contributed by atoms with Crippen LogP contribution < -0.4 is 5.32 Å². The van der Waals surface area contributed by atoms with E-state index in [1.165, 1.54) is 25.9 Å². The third kappa shape index (κ3) is 2.00. The van der Waals surface area contributed by atoms with Gasteiger partial charge < -0.3 is 13.7 Å². The lowest BCUT2D eigenvalue weighted by Crippen LogP contribution is -2.69. The van der Waals surface area contributed by atoms with Crippen LogP contribution in [-0.4, -0.2) is 59.7 Å². The third-order valence-corrected chi connectivity index (χ3v) is 6.22. The van der Waals surface area contributed by atoms with Crippen LogP contribution in [0.4, 0.5) is 5.95 Å². The number of ether oxygens (including phenoxy) is 1. The topological polar surface area (TPSA) is 51.4 Å². The first-order valence-corrected chi connectivity index (χ1v) is 8.83. The van der Waals surface area contributed by atoms with Crippen molar-refractivity contribution in [2.75, 3.05) is 31.5 Å². The zero-order valence-corrected chi connectivity index (χ0v) is 14.3. The summed E-state index contributed by atoms with van der Waals surface area (Å²) in [6.07, 6.45) is 2.51. The highest BCUT2D eigenvalue weighted by atomic mass is 16.5. The minimum atomic E-state index is -0.0990. The van der Waals surface area contributed by atoms with Gasteiger partial charge in [-0.3, -0.25) is 5.32 Å². The molecular weight excluding hydrogens is 301 g/mol. The number of nitrogens with one attached hydrogen (secondary N) is 1. The van der Waals surface area contributed by atoms with Crippen molar-refractivity contribution in [2.45, 2.75) is 18.4 Å². The number of hydrogen-bond donors (Lipinski definition) is 1. The fourth-order valence-corrected chi connectivity index (χ4v) is 4.83. The Morgan fingerprint density at radius 2 is 2.12 bits per heavy atom. The van der Waals surface area contributed by atoms with Crippen molar-refractivity contribution < 1.29 is 9.13 Å². The molecule has 2 aromatic rings. The molecule has 0 aliphatic carbocycles. The fraction of sp³-hybridized carbons (Fsp3) is 0.529. The van der Waals surface area contributed by atoms with E-state index in [-0.39, 0.29) is 5.60 Å². The second-order valence-corrected chi connectivity index (χ2v) is 7.90. The summed E-state index contributed by atoms with van der Waals surface area (Å²) in [7, 11) is 4.38. The van der Waals surface area contributed by atoms with Crippen LogP contribution in [0.2, 0.25) is 0 Å². The number of piperidine rings is 3. The van der Waals surface area contributed by atoms with Gasteiger partial charge >= 0.3 is 7.98 Å². The van der Waals surface area contributed by atoms with E-state index in [4.69, 9.17) is 4.74 Å². The minimum Gasteiger partial charge on any atom is -0.450 e. The van der Waals surface area contributed by atoms with E-state index >= 15 is 0 Å². The van der Waals surface area contributed by atoms with Gasteiger partial charge in [0.05, 0.1) is 30.7 Å². The lowest BCUT2D eigenvalue weighted by Gasteiger charge is -2.55. The Labute approximate surface area is 142 Å². The fourth-order valence-electron chi connectivity index (χ4n) is 4.83. The monoisotopic (exact) mass is 324 g/mol. The Balaban J connectivity index is 1.39. The molecule has 1 aromatic carbocycles. The smallest absolute Gasteiger partial charge is 0.373 e. The SMILES string of the molecule is B[N+]12CCC(CC1)C1(CN=C(Nc3nc4ccccc4n3C)O1)C2. The van der Waals surface area contributed by atoms with Crippen LogP contribution in [0.25, 0.3) is 11.0 Å². The van der Waals surface area contributed by atoms with Gasteiger partial charge in [0, 0.05) is 25.8 Å². The number of anilines is 1. The number of fused-ring (bicyclic) bond motifs is 3. The largest absolute Gasteiger partial charge is 0.450 e. The van der Waals surface area contributed by atoms with Crippen LogP contribution in [0.1, 0.15) is 12.8 Å². The van der Waals surface area contributed by atoms with Gasteiger partial charge in [0.25, 0.3) is 6.02 Å². The molecule has 3 saturated heterocycles. The lowest BCUT2D eigenvalue weighted by molar-refractivity contribution is -0.845. The van der Waals surface area contributed by atoms with Crippen molar-refractivity contribution in [3.8, 4) is 0 Å². The Hall–Kier alpha value is -2.02. The maximum absolute atomic E-state index is 6.41. The van der Waals surface area contributed by atoms with Gasteiger partial charge in [0.2, 0.25) is 5.95 Å². The van der Waals surface area contributed by atoms with Crippen molar-refractivity contribution in [2.24, 2.45) is 18.0 Å². The molecule has 0 amide bonds. The second kappa shape index (κ2) is 4.75. The Kier molecular flexibility index (Phi) is 2.84. The maximum atomic E-state index is 6.41. The highest BCUT2D eigenvalue weighted by molar-refractivity contribution is 5.97. The van der Waals surface area contributed by atoms with Gasteiger partial charge in [-0.15, -0.1) is 0 Å². The normalized spacial score (nSPS) is 34.5.